The predicted octanol–water partition coefficient (Wildman–Crippen LogP) is -0.542. The lowest BCUT2D eigenvalue weighted by Gasteiger charge is -2.43. The first-order valence-electron chi connectivity index (χ1n) is 6.89. The predicted molar refractivity (Wildman–Crippen MR) is 72.1 cm³/mol. The normalized spacial score (nSPS) is 21.5. The lowest BCUT2D eigenvalue weighted by atomic mass is 10.1. The smallest absolute Gasteiger partial charge is 0.257 e. The van der Waals surface area contributed by atoms with Crippen molar-refractivity contribution in [2.75, 3.05) is 39.3 Å². The maximum Gasteiger partial charge on any atom is 0.257 e. The summed E-state index contributed by atoms with van der Waals surface area (Å²) < 4.78 is 1.71. The van der Waals surface area contributed by atoms with E-state index in [1.165, 1.54) is 0 Å². The molecule has 2 aliphatic heterocycles. The minimum atomic E-state index is 0.122. The highest BCUT2D eigenvalue weighted by atomic mass is 16.2. The zero-order valence-electron chi connectivity index (χ0n) is 11.6. The highest BCUT2D eigenvalue weighted by Crippen LogP contribution is 2.14. The second kappa shape index (κ2) is 4.94. The Morgan fingerprint density at radius 2 is 2.00 bits per heavy atom. The molecule has 1 aromatic heterocycles. The number of piperazine rings is 1. The Hall–Kier alpha value is -1.40. The van der Waals surface area contributed by atoms with E-state index in [0.717, 1.165) is 50.5 Å². The van der Waals surface area contributed by atoms with Gasteiger partial charge in [-0.05, 0) is 6.92 Å². The van der Waals surface area contributed by atoms with Crippen LogP contribution in [0.25, 0.3) is 0 Å². The third-order valence-electron chi connectivity index (χ3n) is 4.12. The van der Waals surface area contributed by atoms with Crippen LogP contribution in [0.4, 0.5) is 0 Å². The van der Waals surface area contributed by atoms with Crippen LogP contribution in [-0.4, -0.2) is 70.8 Å². The molecule has 0 bridgehead atoms. The SMILES string of the molecule is Cc1nn(C)cc1C(=O)N1CCN(C2CNC2)CC1. The Bertz CT molecular complexity index is 471. The van der Waals surface area contributed by atoms with E-state index in [2.05, 4.69) is 15.3 Å². The Labute approximate surface area is 113 Å². The van der Waals surface area contributed by atoms with Gasteiger partial charge < -0.3 is 10.2 Å². The van der Waals surface area contributed by atoms with Crippen LogP contribution in [0.15, 0.2) is 6.20 Å². The molecule has 1 N–H and O–H groups in total. The van der Waals surface area contributed by atoms with Gasteiger partial charge in [-0.25, -0.2) is 0 Å². The van der Waals surface area contributed by atoms with Gasteiger partial charge >= 0.3 is 0 Å². The van der Waals surface area contributed by atoms with E-state index in [4.69, 9.17) is 0 Å². The van der Waals surface area contributed by atoms with Crippen molar-refractivity contribution in [1.29, 1.82) is 0 Å². The van der Waals surface area contributed by atoms with Gasteiger partial charge in [-0.15, -0.1) is 0 Å². The van der Waals surface area contributed by atoms with Crippen molar-refractivity contribution in [2.24, 2.45) is 7.05 Å². The summed E-state index contributed by atoms with van der Waals surface area (Å²) in [7, 11) is 1.85. The van der Waals surface area contributed by atoms with Crippen LogP contribution >= 0.6 is 0 Å². The molecule has 104 valence electrons. The first-order chi connectivity index (χ1) is 9.15. The lowest BCUT2D eigenvalue weighted by molar-refractivity contribution is 0.0501. The quantitative estimate of drug-likeness (QED) is 0.778. The van der Waals surface area contributed by atoms with Crippen LogP contribution in [0.2, 0.25) is 0 Å². The summed E-state index contributed by atoms with van der Waals surface area (Å²) in [4.78, 5) is 16.9. The van der Waals surface area contributed by atoms with Crippen molar-refractivity contribution in [1.82, 2.24) is 24.9 Å². The summed E-state index contributed by atoms with van der Waals surface area (Å²) in [6, 6.07) is 0.678. The Kier molecular flexibility index (Phi) is 3.28. The van der Waals surface area contributed by atoms with Crippen molar-refractivity contribution in [2.45, 2.75) is 13.0 Å². The number of hydrogen-bond acceptors (Lipinski definition) is 4. The first kappa shape index (κ1) is 12.6. The van der Waals surface area contributed by atoms with Crippen LogP contribution in [0.1, 0.15) is 16.1 Å². The molecule has 3 heterocycles. The molecule has 2 fully saturated rings. The Morgan fingerprint density at radius 3 is 2.47 bits per heavy atom. The molecule has 0 aromatic carbocycles. The minimum Gasteiger partial charge on any atom is -0.336 e. The van der Waals surface area contributed by atoms with E-state index in [0.29, 0.717) is 6.04 Å². The number of amides is 1. The van der Waals surface area contributed by atoms with E-state index < -0.39 is 0 Å². The van der Waals surface area contributed by atoms with Gasteiger partial charge in [0.15, 0.2) is 0 Å². The number of carbonyl (C=O) groups excluding carboxylic acids is 1. The van der Waals surface area contributed by atoms with Gasteiger partial charge in [0.25, 0.3) is 5.91 Å². The van der Waals surface area contributed by atoms with Gasteiger partial charge in [0.05, 0.1) is 11.3 Å². The third-order valence-corrected chi connectivity index (χ3v) is 4.12. The average Bonchev–Trinajstić information content (AvgIpc) is 2.66. The van der Waals surface area contributed by atoms with Gasteiger partial charge in [0.2, 0.25) is 0 Å². The van der Waals surface area contributed by atoms with Crippen LogP contribution in [0.3, 0.4) is 0 Å². The topological polar surface area (TPSA) is 53.4 Å². The molecule has 19 heavy (non-hydrogen) atoms. The van der Waals surface area contributed by atoms with E-state index in [1.807, 2.05) is 25.1 Å². The number of carbonyl (C=O) groups is 1. The van der Waals surface area contributed by atoms with E-state index in [1.54, 1.807) is 4.68 Å². The second-order valence-electron chi connectivity index (χ2n) is 5.44. The van der Waals surface area contributed by atoms with Gasteiger partial charge in [-0.1, -0.05) is 0 Å². The van der Waals surface area contributed by atoms with Crippen molar-refractivity contribution >= 4 is 5.91 Å². The fraction of sp³-hybridized carbons (Fsp3) is 0.692. The van der Waals surface area contributed by atoms with Crippen molar-refractivity contribution < 1.29 is 4.79 Å². The summed E-state index contributed by atoms with van der Waals surface area (Å²) in [6.45, 7) is 7.69. The maximum atomic E-state index is 12.4. The van der Waals surface area contributed by atoms with Crippen molar-refractivity contribution in [3.05, 3.63) is 17.5 Å². The van der Waals surface area contributed by atoms with Crippen LogP contribution < -0.4 is 5.32 Å². The fourth-order valence-electron chi connectivity index (χ4n) is 2.80. The number of nitrogens with zero attached hydrogens (tertiary/aromatic N) is 4. The average molecular weight is 263 g/mol. The molecule has 2 saturated heterocycles. The molecule has 2 aliphatic rings. The molecule has 0 atom stereocenters. The molecule has 1 aromatic rings. The largest absolute Gasteiger partial charge is 0.336 e. The van der Waals surface area contributed by atoms with Gasteiger partial charge in [0.1, 0.15) is 0 Å². The number of aryl methyl sites for hydroxylation is 2. The van der Waals surface area contributed by atoms with E-state index in [-0.39, 0.29) is 5.91 Å². The molecule has 6 heteroatoms. The molecular formula is C13H21N5O. The molecule has 3 rings (SSSR count). The molecule has 0 radical (unpaired) electrons. The van der Waals surface area contributed by atoms with E-state index in [9.17, 15) is 4.79 Å². The molecule has 0 aliphatic carbocycles. The molecule has 0 saturated carbocycles. The summed E-state index contributed by atoms with van der Waals surface area (Å²) in [5.41, 5.74) is 1.55. The number of aromatic nitrogens is 2. The fourth-order valence-corrected chi connectivity index (χ4v) is 2.80. The Balaban J connectivity index is 1.61. The maximum absolute atomic E-state index is 12.4. The van der Waals surface area contributed by atoms with Crippen LogP contribution in [0, 0.1) is 6.92 Å². The monoisotopic (exact) mass is 263 g/mol. The van der Waals surface area contributed by atoms with Gasteiger partial charge in [0, 0.05) is 58.6 Å². The molecule has 0 spiro atoms. The Morgan fingerprint density at radius 1 is 1.32 bits per heavy atom. The highest BCUT2D eigenvalue weighted by molar-refractivity contribution is 5.95. The standard InChI is InChI=1S/C13H21N5O/c1-10-12(9-16(2)15-10)13(19)18-5-3-17(4-6-18)11-7-14-8-11/h9,11,14H,3-8H2,1-2H3. The number of hydrogen-bond donors (Lipinski definition) is 1. The number of rotatable bonds is 2. The van der Waals surface area contributed by atoms with Crippen molar-refractivity contribution in [3.8, 4) is 0 Å². The summed E-state index contributed by atoms with van der Waals surface area (Å²) in [6.07, 6.45) is 1.82. The zero-order chi connectivity index (χ0) is 13.4. The lowest BCUT2D eigenvalue weighted by Crippen LogP contribution is -2.62. The van der Waals surface area contributed by atoms with Crippen LogP contribution in [0.5, 0.6) is 0 Å². The molecule has 1 amide bonds. The van der Waals surface area contributed by atoms with Gasteiger partial charge in [-0.3, -0.25) is 14.4 Å². The molecule has 0 unspecified atom stereocenters. The minimum absolute atomic E-state index is 0.122. The molecule has 6 nitrogen and oxygen atoms in total. The first-order valence-corrected chi connectivity index (χ1v) is 6.89. The summed E-state index contributed by atoms with van der Waals surface area (Å²) in [5.74, 6) is 0.122. The molecular weight excluding hydrogens is 242 g/mol. The summed E-state index contributed by atoms with van der Waals surface area (Å²) >= 11 is 0. The third kappa shape index (κ3) is 2.37. The van der Waals surface area contributed by atoms with Crippen molar-refractivity contribution in [3.63, 3.8) is 0 Å². The summed E-state index contributed by atoms with van der Waals surface area (Å²) in [5, 5.41) is 7.54. The zero-order valence-corrected chi connectivity index (χ0v) is 11.6. The van der Waals surface area contributed by atoms with Gasteiger partial charge in [-0.2, -0.15) is 5.10 Å². The van der Waals surface area contributed by atoms with E-state index >= 15 is 0 Å². The van der Waals surface area contributed by atoms with Crippen LogP contribution in [-0.2, 0) is 7.05 Å². The highest BCUT2D eigenvalue weighted by Gasteiger charge is 2.30. The second-order valence-corrected chi connectivity index (χ2v) is 5.44. The number of nitrogens with one attached hydrogen (secondary N) is 1.